The molecule has 1 aromatic heterocycles. The molecule has 1 fully saturated rings. The first-order valence-corrected chi connectivity index (χ1v) is 9.50. The van der Waals surface area contributed by atoms with Crippen LogP contribution in [-0.2, 0) is 9.59 Å². The smallest absolute Gasteiger partial charge is 0.267 e. The van der Waals surface area contributed by atoms with Crippen LogP contribution >= 0.6 is 24.0 Å². The monoisotopic (exact) mass is 448 g/mol. The van der Waals surface area contributed by atoms with Gasteiger partial charge >= 0.3 is 0 Å². The molecule has 2 aromatic rings. The van der Waals surface area contributed by atoms with E-state index in [2.05, 4.69) is 9.88 Å². The van der Waals surface area contributed by atoms with Crippen molar-refractivity contribution in [3.05, 3.63) is 71.0 Å². The van der Waals surface area contributed by atoms with Crippen LogP contribution in [0.15, 0.2) is 54.6 Å². The molecule has 1 aliphatic heterocycles. The maximum absolute atomic E-state index is 12.5. The van der Waals surface area contributed by atoms with Gasteiger partial charge in [-0.15, -0.1) is 12.4 Å². The molecule has 0 saturated carbocycles. The minimum atomic E-state index is -0.640. The Hall–Kier alpha value is -2.87. The number of nitrogens with one attached hydrogen (secondary N) is 1. The molecule has 0 unspecified atom stereocenters. The fraction of sp³-hybridized carbons (Fsp3) is 0.190. The van der Waals surface area contributed by atoms with Gasteiger partial charge < -0.3 is 9.80 Å². The number of aromatic nitrogens is 1. The van der Waals surface area contributed by atoms with Crippen LogP contribution in [0.3, 0.4) is 0 Å². The molecule has 30 heavy (non-hydrogen) atoms. The van der Waals surface area contributed by atoms with Crippen LogP contribution in [0.4, 0.5) is 5.69 Å². The van der Waals surface area contributed by atoms with Crippen LogP contribution < -0.4 is 10.4 Å². The lowest BCUT2D eigenvalue weighted by molar-refractivity contribution is -0.126. The first-order chi connectivity index (χ1) is 14.1. The van der Waals surface area contributed by atoms with Crippen LogP contribution in [0.5, 0.6) is 0 Å². The van der Waals surface area contributed by atoms with Gasteiger partial charge in [0.05, 0.1) is 22.1 Å². The molecular formula is C21H22Cl2N4O3. The lowest BCUT2D eigenvalue weighted by Gasteiger charge is -2.36. The number of hydrogen-bond acceptors (Lipinski definition) is 5. The summed E-state index contributed by atoms with van der Waals surface area (Å²) in [5.74, 6) is -0.718. The van der Waals surface area contributed by atoms with Gasteiger partial charge in [-0.1, -0.05) is 29.8 Å². The van der Waals surface area contributed by atoms with E-state index in [-0.39, 0.29) is 18.3 Å². The molecule has 2 N–H and O–H groups in total. The second-order valence-corrected chi connectivity index (χ2v) is 6.80. The van der Waals surface area contributed by atoms with Crippen molar-refractivity contribution in [2.45, 2.75) is 0 Å². The highest BCUT2D eigenvalue weighted by Crippen LogP contribution is 2.26. The Balaban J connectivity index is 0.00000320. The van der Waals surface area contributed by atoms with Crippen LogP contribution in [-0.4, -0.2) is 53.1 Å². The van der Waals surface area contributed by atoms with Gasteiger partial charge in [-0.05, 0) is 36.4 Å². The average molecular weight is 449 g/mol. The van der Waals surface area contributed by atoms with E-state index in [9.17, 15) is 9.59 Å². The topological polar surface area (TPSA) is 85.8 Å². The zero-order chi connectivity index (χ0) is 20.6. The molecule has 0 atom stereocenters. The number of anilines is 1. The Bertz CT molecular complexity index is 941. The Kier molecular flexibility index (Phi) is 8.86. The number of amides is 2. The molecule has 0 radical (unpaired) electrons. The molecule has 0 spiro atoms. The summed E-state index contributed by atoms with van der Waals surface area (Å²) in [4.78, 5) is 31.8. The molecular weight excluding hydrogens is 427 g/mol. The van der Waals surface area contributed by atoms with Gasteiger partial charge in [-0.2, -0.15) is 0 Å². The van der Waals surface area contributed by atoms with Gasteiger partial charge in [0.25, 0.3) is 5.91 Å². The van der Waals surface area contributed by atoms with Crippen LogP contribution in [0.25, 0.3) is 12.2 Å². The third-order valence-electron chi connectivity index (χ3n) is 4.49. The van der Waals surface area contributed by atoms with E-state index in [0.29, 0.717) is 29.5 Å². The molecule has 1 aromatic carbocycles. The zero-order valence-corrected chi connectivity index (χ0v) is 17.6. The Morgan fingerprint density at radius 1 is 0.967 bits per heavy atom. The summed E-state index contributed by atoms with van der Waals surface area (Å²) in [6.07, 6.45) is 5.78. The van der Waals surface area contributed by atoms with Gasteiger partial charge in [0.15, 0.2) is 0 Å². The molecule has 0 aliphatic carbocycles. The minimum Gasteiger partial charge on any atom is -0.367 e. The maximum Gasteiger partial charge on any atom is 0.267 e. The molecule has 1 aliphatic rings. The van der Waals surface area contributed by atoms with Crippen molar-refractivity contribution >= 4 is 53.7 Å². The van der Waals surface area contributed by atoms with E-state index >= 15 is 0 Å². The van der Waals surface area contributed by atoms with Crippen LogP contribution in [0, 0.1) is 0 Å². The summed E-state index contributed by atoms with van der Waals surface area (Å²) in [5, 5.41) is 9.21. The standard InChI is InChI=1S/C21H21ClN4O3.ClH/c22-18-6-1-2-7-19(18)25-12-14-26(15-13-25)21(28)11-9-17-5-3-4-16(23-17)8-10-20(27)24-29;/h1-11,29H,12-15H2,(H,24,27);1H. The second kappa shape index (κ2) is 11.3. The summed E-state index contributed by atoms with van der Waals surface area (Å²) >= 11 is 6.26. The van der Waals surface area contributed by atoms with Gasteiger partial charge in [-0.25, -0.2) is 10.5 Å². The number of rotatable bonds is 5. The number of para-hydroxylation sites is 1. The Morgan fingerprint density at radius 3 is 2.23 bits per heavy atom. The van der Waals surface area contributed by atoms with E-state index in [1.165, 1.54) is 23.7 Å². The molecule has 0 bridgehead atoms. The van der Waals surface area contributed by atoms with Crippen LogP contribution in [0.2, 0.25) is 5.02 Å². The highest BCUT2D eigenvalue weighted by Gasteiger charge is 2.20. The maximum atomic E-state index is 12.5. The van der Waals surface area contributed by atoms with Crippen molar-refractivity contribution in [3.8, 4) is 0 Å². The van der Waals surface area contributed by atoms with E-state index in [0.717, 1.165) is 18.8 Å². The van der Waals surface area contributed by atoms with E-state index in [4.69, 9.17) is 16.8 Å². The van der Waals surface area contributed by atoms with Crippen molar-refractivity contribution in [1.82, 2.24) is 15.4 Å². The molecule has 7 nitrogen and oxygen atoms in total. The number of halogens is 2. The summed E-state index contributed by atoms with van der Waals surface area (Å²) < 4.78 is 0. The van der Waals surface area contributed by atoms with E-state index < -0.39 is 5.91 Å². The fourth-order valence-electron chi connectivity index (χ4n) is 2.99. The lowest BCUT2D eigenvalue weighted by Crippen LogP contribution is -2.48. The van der Waals surface area contributed by atoms with Gasteiger partial charge in [0.2, 0.25) is 5.91 Å². The highest BCUT2D eigenvalue weighted by atomic mass is 35.5. The normalized spacial score (nSPS) is 14.1. The molecule has 9 heteroatoms. The predicted octanol–water partition coefficient (Wildman–Crippen LogP) is 3.04. The first-order valence-electron chi connectivity index (χ1n) is 9.12. The lowest BCUT2D eigenvalue weighted by atomic mass is 10.2. The quantitative estimate of drug-likeness (QED) is 0.417. The van der Waals surface area contributed by atoms with Crippen LogP contribution in [0.1, 0.15) is 11.4 Å². The highest BCUT2D eigenvalue weighted by molar-refractivity contribution is 6.33. The summed E-state index contributed by atoms with van der Waals surface area (Å²) in [7, 11) is 0. The Labute approximate surface area is 186 Å². The van der Waals surface area contributed by atoms with Crippen molar-refractivity contribution in [1.29, 1.82) is 0 Å². The molecule has 3 rings (SSSR count). The largest absolute Gasteiger partial charge is 0.367 e. The summed E-state index contributed by atoms with van der Waals surface area (Å²) in [6.45, 7) is 2.66. The molecule has 1 saturated heterocycles. The molecule has 2 heterocycles. The van der Waals surface area contributed by atoms with Crippen molar-refractivity contribution in [2.24, 2.45) is 0 Å². The number of hydroxylamine groups is 1. The number of carbonyl (C=O) groups excluding carboxylic acids is 2. The van der Waals surface area contributed by atoms with Gasteiger partial charge in [-0.3, -0.25) is 14.8 Å². The number of hydrogen-bond donors (Lipinski definition) is 2. The van der Waals surface area contributed by atoms with Crippen molar-refractivity contribution < 1.29 is 14.8 Å². The zero-order valence-electron chi connectivity index (χ0n) is 16.1. The third kappa shape index (κ3) is 6.32. The number of benzene rings is 1. The van der Waals surface area contributed by atoms with Crippen molar-refractivity contribution in [3.63, 3.8) is 0 Å². The van der Waals surface area contributed by atoms with E-state index in [1.54, 1.807) is 29.2 Å². The molecule has 2 amide bonds. The number of nitrogens with zero attached hydrogens (tertiary/aromatic N) is 3. The first kappa shape index (κ1) is 23.4. The Morgan fingerprint density at radius 2 is 1.60 bits per heavy atom. The average Bonchev–Trinajstić information content (AvgIpc) is 2.76. The number of piperazine rings is 1. The number of pyridine rings is 1. The second-order valence-electron chi connectivity index (χ2n) is 6.39. The third-order valence-corrected chi connectivity index (χ3v) is 4.81. The summed E-state index contributed by atoms with van der Waals surface area (Å²) in [5.41, 5.74) is 3.64. The van der Waals surface area contributed by atoms with Crippen molar-refractivity contribution in [2.75, 3.05) is 31.1 Å². The predicted molar refractivity (Wildman–Crippen MR) is 120 cm³/mol. The molecule has 158 valence electrons. The SMILES string of the molecule is Cl.O=C(C=Cc1cccc(C=CC(=O)N2CCN(c3ccccc3Cl)CC2)n1)NO. The van der Waals surface area contributed by atoms with Gasteiger partial charge in [0.1, 0.15) is 0 Å². The minimum absolute atomic E-state index is 0. The van der Waals surface area contributed by atoms with Gasteiger partial charge in [0, 0.05) is 38.3 Å². The summed E-state index contributed by atoms with van der Waals surface area (Å²) in [6, 6.07) is 13.0. The fourth-order valence-corrected chi connectivity index (χ4v) is 3.25. The van der Waals surface area contributed by atoms with E-state index in [1.807, 2.05) is 24.3 Å². The number of carbonyl (C=O) groups is 2.